The number of carbonyl (C=O) groups excluding carboxylic acids is 1. The number of hydrogen-bond donors (Lipinski definition) is 2. The lowest BCUT2D eigenvalue weighted by Crippen LogP contribution is -2.61. The molecule has 2 unspecified atom stereocenters. The molecule has 0 radical (unpaired) electrons. The minimum absolute atomic E-state index is 0.0149. The highest BCUT2D eigenvalue weighted by molar-refractivity contribution is 5.81. The van der Waals surface area contributed by atoms with Gasteiger partial charge in [0.25, 0.3) is 0 Å². The molecule has 10 rings (SSSR count). The molecular weight excluding hydrogens is 694 g/mol. The highest BCUT2D eigenvalue weighted by Gasteiger charge is 2.69. The third-order valence-electron chi connectivity index (χ3n) is 14.6. The molecule has 10 aliphatic heterocycles. The second kappa shape index (κ2) is 15.1. The first-order valence-corrected chi connectivity index (χ1v) is 21.1. The summed E-state index contributed by atoms with van der Waals surface area (Å²) < 4.78 is 60.5. The molecule has 0 aromatic carbocycles. The van der Waals surface area contributed by atoms with E-state index in [1.54, 1.807) is 7.11 Å². The van der Waals surface area contributed by atoms with Crippen molar-refractivity contribution >= 4 is 5.78 Å². The lowest BCUT2D eigenvalue weighted by atomic mass is 9.76. The maximum Gasteiger partial charge on any atom is 0.172 e. The van der Waals surface area contributed by atoms with Gasteiger partial charge in [0.2, 0.25) is 0 Å². The molecule has 0 aromatic heterocycles. The summed E-state index contributed by atoms with van der Waals surface area (Å²) in [5.41, 5.74) is 2.21. The molecule has 12 nitrogen and oxygen atoms in total. The van der Waals surface area contributed by atoms with Crippen LogP contribution in [0.25, 0.3) is 0 Å². The third-order valence-corrected chi connectivity index (χ3v) is 14.6. The van der Waals surface area contributed by atoms with Gasteiger partial charge in [0, 0.05) is 57.6 Å². The van der Waals surface area contributed by atoms with E-state index in [-0.39, 0.29) is 122 Å². The monoisotopic (exact) mass is 757 g/mol. The lowest BCUT2D eigenvalue weighted by molar-refractivity contribution is -0.292. The van der Waals surface area contributed by atoms with E-state index in [9.17, 15) is 9.90 Å². The van der Waals surface area contributed by atoms with Crippen molar-refractivity contribution in [3.8, 4) is 0 Å². The fourth-order valence-corrected chi connectivity index (χ4v) is 11.8. The van der Waals surface area contributed by atoms with E-state index in [1.807, 2.05) is 14.0 Å². The smallest absolute Gasteiger partial charge is 0.172 e. The number of aliphatic hydroxyl groups excluding tert-OH is 1. The molecule has 0 aliphatic carbocycles. The van der Waals surface area contributed by atoms with Crippen molar-refractivity contribution in [1.29, 1.82) is 0 Å². The van der Waals surface area contributed by atoms with Crippen molar-refractivity contribution in [2.75, 3.05) is 20.7 Å². The van der Waals surface area contributed by atoms with Gasteiger partial charge in [-0.1, -0.05) is 27.0 Å². The van der Waals surface area contributed by atoms with E-state index in [4.69, 9.17) is 42.6 Å². The van der Waals surface area contributed by atoms with Crippen LogP contribution in [0.5, 0.6) is 0 Å². The average Bonchev–Trinajstić information content (AvgIpc) is 3.83. The van der Waals surface area contributed by atoms with Crippen molar-refractivity contribution < 1.29 is 52.5 Å². The molecule has 302 valence electrons. The van der Waals surface area contributed by atoms with E-state index in [0.717, 1.165) is 56.1 Å². The summed E-state index contributed by atoms with van der Waals surface area (Å²) >= 11 is 0. The number of Topliss-reactive ketones (excluding diaryl/α,β-unsaturated/α-hetero) is 1. The summed E-state index contributed by atoms with van der Waals surface area (Å²) in [4.78, 5) is 14.4. The number of methoxy groups -OCH3 is 1. The SMILES string of the molecule is C=C1C2C[C@@H]3O[C@H](C[C@H](O)CNC)[C@H](OC)[C@H]3C(C)C(=O)C[C@H]3CC[C@@H]4O[C@@H]5[C@H]6O[C@@H]7C[C@](CC[C@H]8CC(=C)[C@H](CC[C@@H](C[C@H]1C)O2)O8)(O[C@H]6[C@H]4O3)O[C@H]57. The molecule has 0 saturated carbocycles. The number of ketones is 1. The van der Waals surface area contributed by atoms with E-state index in [1.165, 1.54) is 0 Å². The minimum Gasteiger partial charge on any atom is -0.392 e. The summed E-state index contributed by atoms with van der Waals surface area (Å²) in [5, 5.41) is 13.9. The Kier molecular flexibility index (Phi) is 10.7. The number of rotatable bonds is 5. The largest absolute Gasteiger partial charge is 0.392 e. The Hall–Kier alpha value is -1.29. The van der Waals surface area contributed by atoms with E-state index in [2.05, 4.69) is 25.4 Å². The van der Waals surface area contributed by atoms with Gasteiger partial charge < -0.3 is 53.1 Å². The lowest BCUT2D eigenvalue weighted by Gasteiger charge is -2.47. The number of fused-ring (bicyclic) bond motifs is 6. The van der Waals surface area contributed by atoms with Crippen LogP contribution >= 0.6 is 0 Å². The van der Waals surface area contributed by atoms with Crippen molar-refractivity contribution in [1.82, 2.24) is 5.32 Å². The molecule has 0 amide bonds. The first-order valence-electron chi connectivity index (χ1n) is 21.1. The van der Waals surface area contributed by atoms with Crippen molar-refractivity contribution in [2.24, 2.45) is 17.8 Å². The zero-order valence-corrected chi connectivity index (χ0v) is 32.6. The van der Waals surface area contributed by atoms with Crippen LogP contribution in [0.2, 0.25) is 0 Å². The number of ether oxygens (including phenoxy) is 9. The van der Waals surface area contributed by atoms with Crippen LogP contribution in [0.1, 0.15) is 90.9 Å². The van der Waals surface area contributed by atoms with Crippen molar-refractivity contribution in [3.05, 3.63) is 24.3 Å². The number of likely N-dealkylation sites (N-methyl/N-ethyl adjacent to an activating group) is 1. The molecule has 12 heteroatoms. The second-order valence-electron chi connectivity index (χ2n) is 18.2. The molecule has 0 aromatic rings. The molecule has 10 heterocycles. The number of nitrogens with one attached hydrogen (secondary N) is 1. The van der Waals surface area contributed by atoms with E-state index in [0.29, 0.717) is 32.2 Å². The normalized spacial score (nSPS) is 52.3. The molecule has 2 N–H and O–H groups in total. The Morgan fingerprint density at radius 2 is 1.56 bits per heavy atom. The Morgan fingerprint density at radius 1 is 0.815 bits per heavy atom. The van der Waals surface area contributed by atoms with Crippen LogP contribution in [-0.4, -0.2) is 135 Å². The van der Waals surface area contributed by atoms with Crippen LogP contribution < -0.4 is 5.32 Å². The average molecular weight is 758 g/mol. The first-order chi connectivity index (χ1) is 26.0. The molecule has 54 heavy (non-hydrogen) atoms. The predicted molar refractivity (Wildman–Crippen MR) is 196 cm³/mol. The van der Waals surface area contributed by atoms with E-state index >= 15 is 0 Å². The molecule has 20 atom stereocenters. The predicted octanol–water partition coefficient (Wildman–Crippen LogP) is 3.94. The topological polar surface area (TPSA) is 132 Å². The van der Waals surface area contributed by atoms with Gasteiger partial charge in [-0.05, 0) is 69.1 Å². The summed E-state index contributed by atoms with van der Waals surface area (Å²) in [6.07, 6.45) is 4.79. The van der Waals surface area contributed by atoms with Gasteiger partial charge in [0.1, 0.15) is 36.3 Å². The molecule has 10 fully saturated rings. The van der Waals surface area contributed by atoms with Gasteiger partial charge in [-0.15, -0.1) is 0 Å². The van der Waals surface area contributed by atoms with Crippen LogP contribution in [-0.2, 0) is 47.4 Å². The van der Waals surface area contributed by atoms with Gasteiger partial charge in [0.05, 0.1) is 67.1 Å². The third kappa shape index (κ3) is 6.91. The van der Waals surface area contributed by atoms with E-state index < -0.39 is 11.9 Å². The Bertz CT molecular complexity index is 1430. The number of hydrogen-bond acceptors (Lipinski definition) is 12. The number of aliphatic hydroxyl groups is 1. The zero-order valence-electron chi connectivity index (χ0n) is 32.6. The minimum atomic E-state index is -0.782. The van der Waals surface area contributed by atoms with Gasteiger partial charge >= 0.3 is 0 Å². The quantitative estimate of drug-likeness (QED) is 0.394. The first kappa shape index (κ1) is 38.2. The Balaban J connectivity index is 1.01. The highest BCUT2D eigenvalue weighted by atomic mass is 16.8. The highest BCUT2D eigenvalue weighted by Crippen LogP contribution is 2.54. The summed E-state index contributed by atoms with van der Waals surface area (Å²) in [6, 6.07) is 0. The molecule has 1 spiro atoms. The van der Waals surface area contributed by atoms with Crippen molar-refractivity contribution in [3.63, 3.8) is 0 Å². The summed E-state index contributed by atoms with van der Waals surface area (Å²) in [5.74, 6) is -0.990. The van der Waals surface area contributed by atoms with Crippen molar-refractivity contribution in [2.45, 2.75) is 194 Å². The molecular formula is C42H63NO11. The fourth-order valence-electron chi connectivity index (χ4n) is 11.8. The Morgan fingerprint density at radius 3 is 2.37 bits per heavy atom. The maximum absolute atomic E-state index is 14.4. The van der Waals surface area contributed by atoms with Crippen LogP contribution in [0.15, 0.2) is 24.3 Å². The summed E-state index contributed by atoms with van der Waals surface area (Å²) in [7, 11) is 3.51. The van der Waals surface area contributed by atoms with Gasteiger partial charge in [-0.2, -0.15) is 0 Å². The van der Waals surface area contributed by atoms with Crippen LogP contribution in [0, 0.1) is 17.8 Å². The van der Waals surface area contributed by atoms with Crippen LogP contribution in [0.3, 0.4) is 0 Å². The van der Waals surface area contributed by atoms with Gasteiger partial charge in [-0.3, -0.25) is 4.79 Å². The molecule has 12 bridgehead atoms. The second-order valence-corrected chi connectivity index (χ2v) is 18.2. The fraction of sp³-hybridized carbons (Fsp3) is 0.881. The number of carbonyl (C=O) groups is 1. The summed E-state index contributed by atoms with van der Waals surface area (Å²) in [6.45, 7) is 13.6. The van der Waals surface area contributed by atoms with Crippen LogP contribution in [0.4, 0.5) is 0 Å². The van der Waals surface area contributed by atoms with Gasteiger partial charge in [0.15, 0.2) is 5.79 Å². The van der Waals surface area contributed by atoms with Gasteiger partial charge in [-0.25, -0.2) is 0 Å². The standard InChI is InChI=1S/C42H63NO11/c1-20-13-25-7-9-29-21(2)14-27(47-29)11-12-42-18-34-38(53-42)39-40(52-34)41(54-42)37-30(51-39)10-8-26(49-37)16-28(45)23(4)35-32(17-31(48-25)22(20)3)50-33(36(35)46-6)15-24(44)19-43-5/h20,23-27,29-41,43-44H,2-3,7-19H2,1,4-6H3/t20-,23?,24+,25+,26-,27+,29+,30+,31?,32+,33-,34-,35+,36+,37+,38+,39+,40-,41+,42+/m1/s1. The molecule has 10 saturated heterocycles. The maximum atomic E-state index is 14.4. The zero-order chi connectivity index (χ0) is 37.5. The molecule has 10 aliphatic rings. The Labute approximate surface area is 320 Å².